The third kappa shape index (κ3) is 4.10. The lowest BCUT2D eigenvalue weighted by Gasteiger charge is -2.23. The molecule has 1 N–H and O–H groups in total. The van der Waals surface area contributed by atoms with Gasteiger partial charge in [-0.05, 0) is 44.0 Å². The van der Waals surface area contributed by atoms with Crippen molar-refractivity contribution >= 4 is 23.4 Å². The van der Waals surface area contributed by atoms with Gasteiger partial charge in [0.05, 0.1) is 5.69 Å². The molecule has 156 valence electrons. The maximum absolute atomic E-state index is 12.9. The van der Waals surface area contributed by atoms with Crippen LogP contribution < -0.4 is 10.2 Å². The van der Waals surface area contributed by atoms with Crippen molar-refractivity contribution in [2.45, 2.75) is 30.9 Å². The van der Waals surface area contributed by atoms with Gasteiger partial charge in [-0.1, -0.05) is 30.3 Å². The van der Waals surface area contributed by atoms with Crippen LogP contribution in [0.4, 0.5) is 5.69 Å². The molecule has 1 amide bonds. The van der Waals surface area contributed by atoms with Gasteiger partial charge in [-0.15, -0.1) is 11.8 Å². The summed E-state index contributed by atoms with van der Waals surface area (Å²) < 4.78 is 1.85. The molecule has 1 aliphatic rings. The molecule has 4 rings (SSSR count). The van der Waals surface area contributed by atoms with Crippen LogP contribution >= 0.6 is 11.8 Å². The van der Waals surface area contributed by atoms with Crippen LogP contribution in [0.25, 0.3) is 11.3 Å². The first-order chi connectivity index (χ1) is 14.6. The van der Waals surface area contributed by atoms with Gasteiger partial charge in [0.15, 0.2) is 5.69 Å². The minimum Gasteiger partial charge on any atom is -0.372 e. The summed E-state index contributed by atoms with van der Waals surface area (Å²) in [5.41, 5.74) is 6.31. The molecule has 5 nitrogen and oxygen atoms in total. The molecule has 2 heterocycles. The highest BCUT2D eigenvalue weighted by molar-refractivity contribution is 7.98. The lowest BCUT2D eigenvalue weighted by atomic mass is 10.1. The van der Waals surface area contributed by atoms with Gasteiger partial charge in [-0.2, -0.15) is 5.10 Å². The number of aromatic nitrogens is 2. The Balaban J connectivity index is 1.39. The molecular formula is C24H28N4OS. The van der Waals surface area contributed by atoms with Gasteiger partial charge in [0, 0.05) is 54.1 Å². The topological polar surface area (TPSA) is 50.2 Å². The Labute approximate surface area is 182 Å². The summed E-state index contributed by atoms with van der Waals surface area (Å²) in [5.74, 6) is 0.699. The van der Waals surface area contributed by atoms with Crippen LogP contribution in [-0.2, 0) is 12.8 Å². The van der Waals surface area contributed by atoms with Gasteiger partial charge in [0.25, 0.3) is 5.91 Å². The summed E-state index contributed by atoms with van der Waals surface area (Å²) in [6, 6.07) is 16.9. The van der Waals surface area contributed by atoms with Crippen LogP contribution in [0.2, 0.25) is 0 Å². The van der Waals surface area contributed by atoms with Gasteiger partial charge in [0.1, 0.15) is 0 Å². The quantitative estimate of drug-likeness (QED) is 0.566. The Morgan fingerprint density at radius 3 is 2.87 bits per heavy atom. The Kier molecular flexibility index (Phi) is 6.13. The zero-order valence-corrected chi connectivity index (χ0v) is 18.6. The van der Waals surface area contributed by atoms with Crippen molar-refractivity contribution in [1.82, 2.24) is 15.1 Å². The third-order valence-corrected chi connectivity index (χ3v) is 6.61. The molecule has 0 fully saturated rings. The predicted octanol–water partition coefficient (Wildman–Crippen LogP) is 4.65. The Morgan fingerprint density at radius 1 is 1.23 bits per heavy atom. The summed E-state index contributed by atoms with van der Waals surface area (Å²) in [4.78, 5) is 16.4. The van der Waals surface area contributed by atoms with Gasteiger partial charge in [-0.3, -0.25) is 9.48 Å². The number of aryl methyl sites for hydroxylation is 2. The molecule has 0 atom stereocenters. The number of carbonyl (C=O) groups excluding carboxylic acids is 1. The number of rotatable bonds is 7. The fourth-order valence-corrected chi connectivity index (χ4v) is 5.08. The average Bonchev–Trinajstić information content (AvgIpc) is 3.11. The normalized spacial score (nSPS) is 12.2. The molecule has 0 radical (unpaired) electrons. The van der Waals surface area contributed by atoms with E-state index in [9.17, 15) is 4.79 Å². The van der Waals surface area contributed by atoms with E-state index in [-0.39, 0.29) is 5.91 Å². The van der Waals surface area contributed by atoms with E-state index in [1.807, 2.05) is 17.8 Å². The lowest BCUT2D eigenvalue weighted by molar-refractivity contribution is 0.0947. The highest BCUT2D eigenvalue weighted by Crippen LogP contribution is 2.42. The van der Waals surface area contributed by atoms with E-state index >= 15 is 0 Å². The first-order valence-corrected chi connectivity index (χ1v) is 11.4. The van der Waals surface area contributed by atoms with Crippen molar-refractivity contribution in [2.24, 2.45) is 7.05 Å². The molecule has 3 aromatic rings. The summed E-state index contributed by atoms with van der Waals surface area (Å²) in [7, 11) is 1.92. The molecule has 0 unspecified atom stereocenters. The second-order valence-corrected chi connectivity index (χ2v) is 8.63. The minimum absolute atomic E-state index is 0.0783. The third-order valence-electron chi connectivity index (χ3n) is 5.51. The molecule has 0 saturated carbocycles. The second-order valence-electron chi connectivity index (χ2n) is 7.61. The highest BCUT2D eigenvalue weighted by Gasteiger charge is 2.27. The maximum atomic E-state index is 12.9. The minimum atomic E-state index is -0.0783. The predicted molar refractivity (Wildman–Crippen MR) is 124 cm³/mol. The highest BCUT2D eigenvalue weighted by atomic mass is 32.2. The van der Waals surface area contributed by atoms with Gasteiger partial charge >= 0.3 is 0 Å². The number of fused-ring (bicyclic) bond motifs is 3. The van der Waals surface area contributed by atoms with Crippen LogP contribution in [0.15, 0.2) is 53.4 Å². The van der Waals surface area contributed by atoms with Crippen molar-refractivity contribution in [3.8, 4) is 11.3 Å². The number of anilines is 1. The number of hydrogen-bond donors (Lipinski definition) is 1. The number of nitrogens with one attached hydrogen (secondary N) is 1. The smallest absolute Gasteiger partial charge is 0.272 e. The SMILES string of the molecule is CCN(CCCNC(=O)c1nn(C)c2c1CSc1ccccc1-2)c1cccc(C)c1. The van der Waals surface area contributed by atoms with E-state index in [1.165, 1.54) is 16.1 Å². The summed E-state index contributed by atoms with van der Waals surface area (Å²) >= 11 is 1.77. The Morgan fingerprint density at radius 2 is 2.07 bits per heavy atom. The zero-order valence-electron chi connectivity index (χ0n) is 17.8. The van der Waals surface area contributed by atoms with Crippen LogP contribution in [0, 0.1) is 6.92 Å². The molecule has 1 aromatic heterocycles. The lowest BCUT2D eigenvalue weighted by Crippen LogP contribution is -2.30. The van der Waals surface area contributed by atoms with Crippen molar-refractivity contribution in [3.05, 3.63) is 65.4 Å². The van der Waals surface area contributed by atoms with Crippen molar-refractivity contribution in [2.75, 3.05) is 24.5 Å². The van der Waals surface area contributed by atoms with E-state index in [0.717, 1.165) is 42.1 Å². The van der Waals surface area contributed by atoms with Crippen LogP contribution in [0.3, 0.4) is 0 Å². The number of benzene rings is 2. The fraction of sp³-hybridized carbons (Fsp3) is 0.333. The van der Waals surface area contributed by atoms with Gasteiger partial charge < -0.3 is 10.2 Å². The van der Waals surface area contributed by atoms with Crippen molar-refractivity contribution in [3.63, 3.8) is 0 Å². The van der Waals surface area contributed by atoms with Crippen molar-refractivity contribution < 1.29 is 4.79 Å². The van der Waals surface area contributed by atoms with Crippen LogP contribution in [0.1, 0.15) is 35.0 Å². The van der Waals surface area contributed by atoms with Crippen LogP contribution in [-0.4, -0.2) is 35.3 Å². The maximum Gasteiger partial charge on any atom is 0.272 e. The second kappa shape index (κ2) is 8.96. The monoisotopic (exact) mass is 420 g/mol. The van der Waals surface area contributed by atoms with Crippen LogP contribution in [0.5, 0.6) is 0 Å². The summed E-state index contributed by atoms with van der Waals surface area (Å²) in [5, 5.41) is 7.64. The standard InChI is InChI=1S/C24H28N4OS/c1-4-28(18-10-7-9-17(2)15-18)14-8-13-25-24(29)22-20-16-30-21-12-6-5-11-19(21)23(20)27(3)26-22/h5-7,9-12,15H,4,8,13-14,16H2,1-3H3,(H,25,29). The number of amides is 1. The Hall–Kier alpha value is -2.73. The Bertz CT molecular complexity index is 1060. The number of hydrogen-bond acceptors (Lipinski definition) is 4. The number of nitrogens with zero attached hydrogens (tertiary/aromatic N) is 3. The molecule has 6 heteroatoms. The van der Waals surface area contributed by atoms with Crippen molar-refractivity contribution in [1.29, 1.82) is 0 Å². The first kappa shape index (κ1) is 20.5. The molecule has 0 saturated heterocycles. The first-order valence-electron chi connectivity index (χ1n) is 10.5. The molecule has 2 aromatic carbocycles. The fourth-order valence-electron chi connectivity index (χ4n) is 4.01. The van der Waals surface area contributed by atoms with E-state index in [1.54, 1.807) is 11.8 Å². The molecule has 1 aliphatic heterocycles. The average molecular weight is 421 g/mol. The molecule has 30 heavy (non-hydrogen) atoms. The molecular weight excluding hydrogens is 392 g/mol. The van der Waals surface area contributed by atoms with E-state index in [0.29, 0.717) is 12.2 Å². The molecule has 0 spiro atoms. The van der Waals surface area contributed by atoms with Gasteiger partial charge in [0.2, 0.25) is 0 Å². The number of thioether (sulfide) groups is 1. The largest absolute Gasteiger partial charge is 0.372 e. The zero-order chi connectivity index (χ0) is 21.1. The van der Waals surface area contributed by atoms with E-state index in [2.05, 4.69) is 71.6 Å². The molecule has 0 aliphatic carbocycles. The molecule has 0 bridgehead atoms. The van der Waals surface area contributed by atoms with E-state index in [4.69, 9.17) is 0 Å². The summed E-state index contributed by atoms with van der Waals surface area (Å²) in [6.45, 7) is 6.76. The summed E-state index contributed by atoms with van der Waals surface area (Å²) in [6.07, 6.45) is 0.889. The van der Waals surface area contributed by atoms with E-state index < -0.39 is 0 Å². The number of carbonyl (C=O) groups is 1. The van der Waals surface area contributed by atoms with Gasteiger partial charge in [-0.25, -0.2) is 0 Å².